The van der Waals surface area contributed by atoms with Gasteiger partial charge >= 0.3 is 0 Å². The summed E-state index contributed by atoms with van der Waals surface area (Å²) in [6.45, 7) is 5.48. The number of aliphatic hydroxyl groups excluding tert-OH is 1. The Hall–Kier alpha value is -1.88. The minimum absolute atomic E-state index is 0.0733. The highest BCUT2D eigenvalue weighted by Crippen LogP contribution is 2.17. The third-order valence-electron chi connectivity index (χ3n) is 3.11. The third kappa shape index (κ3) is 3.36. The van der Waals surface area contributed by atoms with Gasteiger partial charge in [0.15, 0.2) is 0 Å². The van der Waals surface area contributed by atoms with E-state index >= 15 is 0 Å². The van der Waals surface area contributed by atoms with E-state index < -0.39 is 0 Å². The first-order valence-electron chi connectivity index (χ1n) is 7.02. The van der Waals surface area contributed by atoms with Gasteiger partial charge in [0.25, 0.3) is 0 Å². The lowest BCUT2D eigenvalue weighted by Crippen LogP contribution is -2.06. The molecule has 0 radical (unpaired) electrons. The van der Waals surface area contributed by atoms with Crippen molar-refractivity contribution >= 4 is 0 Å². The highest BCUT2D eigenvalue weighted by molar-refractivity contribution is 5.30. The predicted molar refractivity (Wildman–Crippen MR) is 76.7 cm³/mol. The maximum atomic E-state index is 9.36. The van der Waals surface area contributed by atoms with Crippen molar-refractivity contribution in [2.75, 3.05) is 6.61 Å². The SMILES string of the molecule is CCCn1nnc(CO)c1Cc1ccc(OCC)cc1. The van der Waals surface area contributed by atoms with Gasteiger partial charge in [-0.3, -0.25) is 0 Å². The van der Waals surface area contributed by atoms with Crippen molar-refractivity contribution in [2.45, 2.75) is 39.8 Å². The van der Waals surface area contributed by atoms with Crippen molar-refractivity contribution in [3.05, 3.63) is 41.2 Å². The predicted octanol–water partition coefficient (Wildman–Crippen LogP) is 2.17. The molecule has 0 atom stereocenters. The van der Waals surface area contributed by atoms with Crippen LogP contribution < -0.4 is 4.74 Å². The Morgan fingerprint density at radius 3 is 2.55 bits per heavy atom. The van der Waals surface area contributed by atoms with E-state index in [0.717, 1.165) is 36.4 Å². The fourth-order valence-electron chi connectivity index (χ4n) is 2.14. The van der Waals surface area contributed by atoms with Crippen LogP contribution in [0.3, 0.4) is 0 Å². The van der Waals surface area contributed by atoms with Crippen molar-refractivity contribution < 1.29 is 9.84 Å². The highest BCUT2D eigenvalue weighted by atomic mass is 16.5. The minimum atomic E-state index is -0.0733. The van der Waals surface area contributed by atoms with Gasteiger partial charge in [-0.15, -0.1) is 5.10 Å². The molecule has 2 rings (SSSR count). The topological polar surface area (TPSA) is 60.2 Å². The molecule has 20 heavy (non-hydrogen) atoms. The van der Waals surface area contributed by atoms with Gasteiger partial charge < -0.3 is 9.84 Å². The summed E-state index contributed by atoms with van der Waals surface area (Å²) in [7, 11) is 0. The Morgan fingerprint density at radius 2 is 1.95 bits per heavy atom. The summed E-state index contributed by atoms with van der Waals surface area (Å²) in [4.78, 5) is 0. The second kappa shape index (κ2) is 7.05. The lowest BCUT2D eigenvalue weighted by molar-refractivity contribution is 0.275. The quantitative estimate of drug-likeness (QED) is 0.841. The van der Waals surface area contributed by atoms with Gasteiger partial charge in [0.1, 0.15) is 11.4 Å². The largest absolute Gasteiger partial charge is 0.494 e. The highest BCUT2D eigenvalue weighted by Gasteiger charge is 2.12. The maximum absolute atomic E-state index is 9.36. The first-order valence-corrected chi connectivity index (χ1v) is 7.02. The fraction of sp³-hybridized carbons (Fsp3) is 0.467. The van der Waals surface area contributed by atoms with Crippen LogP contribution in [0.25, 0.3) is 0 Å². The summed E-state index contributed by atoms with van der Waals surface area (Å²) in [6.07, 6.45) is 1.71. The molecule has 0 aliphatic heterocycles. The second-order valence-electron chi connectivity index (χ2n) is 4.62. The molecule has 5 heteroatoms. The van der Waals surface area contributed by atoms with E-state index in [-0.39, 0.29) is 6.61 Å². The van der Waals surface area contributed by atoms with Crippen molar-refractivity contribution in [1.82, 2.24) is 15.0 Å². The van der Waals surface area contributed by atoms with Crippen LogP contribution in [0.2, 0.25) is 0 Å². The van der Waals surface area contributed by atoms with E-state index in [2.05, 4.69) is 17.2 Å². The van der Waals surface area contributed by atoms with Crippen LogP contribution in [0.15, 0.2) is 24.3 Å². The molecule has 2 aromatic rings. The van der Waals surface area contributed by atoms with Crippen LogP contribution in [0.5, 0.6) is 5.75 Å². The van der Waals surface area contributed by atoms with Crippen molar-refractivity contribution in [3.8, 4) is 5.75 Å². The zero-order valence-corrected chi connectivity index (χ0v) is 12.0. The van der Waals surface area contributed by atoms with Crippen LogP contribution in [-0.4, -0.2) is 26.7 Å². The molecule has 5 nitrogen and oxygen atoms in total. The Labute approximate surface area is 119 Å². The summed E-state index contributed by atoms with van der Waals surface area (Å²) < 4.78 is 7.31. The lowest BCUT2D eigenvalue weighted by Gasteiger charge is -2.08. The molecule has 1 aromatic carbocycles. The van der Waals surface area contributed by atoms with Gasteiger partial charge in [-0.05, 0) is 31.0 Å². The van der Waals surface area contributed by atoms with Crippen LogP contribution in [-0.2, 0) is 19.6 Å². The molecule has 0 aliphatic carbocycles. The van der Waals surface area contributed by atoms with E-state index in [1.165, 1.54) is 0 Å². The van der Waals surface area contributed by atoms with E-state index in [1.54, 1.807) is 0 Å². The smallest absolute Gasteiger partial charge is 0.119 e. The van der Waals surface area contributed by atoms with Gasteiger partial charge in [-0.1, -0.05) is 24.3 Å². The molecule has 0 amide bonds. The zero-order valence-electron chi connectivity index (χ0n) is 12.0. The second-order valence-corrected chi connectivity index (χ2v) is 4.62. The van der Waals surface area contributed by atoms with E-state index in [1.807, 2.05) is 35.9 Å². The number of aliphatic hydroxyl groups is 1. The average Bonchev–Trinajstić information content (AvgIpc) is 2.84. The molecule has 108 valence electrons. The number of aromatic nitrogens is 3. The molecule has 0 spiro atoms. The number of nitrogens with zero attached hydrogens (tertiary/aromatic N) is 3. The number of benzene rings is 1. The molecule has 1 N–H and O–H groups in total. The normalized spacial score (nSPS) is 10.8. The Morgan fingerprint density at radius 1 is 1.20 bits per heavy atom. The van der Waals surface area contributed by atoms with Gasteiger partial charge in [0.2, 0.25) is 0 Å². The monoisotopic (exact) mass is 275 g/mol. The standard InChI is InChI=1S/C15H21N3O2/c1-3-9-18-15(14(11-19)16-17-18)10-12-5-7-13(8-6-12)20-4-2/h5-8,19H,3-4,9-11H2,1-2H3. The molecular formula is C15H21N3O2. The number of rotatable bonds is 7. The lowest BCUT2D eigenvalue weighted by atomic mass is 10.1. The van der Waals surface area contributed by atoms with Gasteiger partial charge in [-0.25, -0.2) is 4.68 Å². The molecule has 0 saturated carbocycles. The van der Waals surface area contributed by atoms with Crippen LogP contribution >= 0.6 is 0 Å². The van der Waals surface area contributed by atoms with Gasteiger partial charge in [-0.2, -0.15) is 0 Å². The van der Waals surface area contributed by atoms with E-state index in [9.17, 15) is 5.11 Å². The summed E-state index contributed by atoms with van der Waals surface area (Å²) in [5.41, 5.74) is 2.80. The molecule has 0 saturated heterocycles. The molecular weight excluding hydrogens is 254 g/mol. The van der Waals surface area contributed by atoms with Gasteiger partial charge in [0.05, 0.1) is 18.9 Å². The number of aryl methyl sites for hydroxylation is 1. The average molecular weight is 275 g/mol. The fourth-order valence-corrected chi connectivity index (χ4v) is 2.14. The van der Waals surface area contributed by atoms with E-state index in [4.69, 9.17) is 4.74 Å². The van der Waals surface area contributed by atoms with Crippen molar-refractivity contribution in [1.29, 1.82) is 0 Å². The zero-order chi connectivity index (χ0) is 14.4. The summed E-state index contributed by atoms with van der Waals surface area (Å²) >= 11 is 0. The van der Waals surface area contributed by atoms with Crippen molar-refractivity contribution in [3.63, 3.8) is 0 Å². The number of ether oxygens (including phenoxy) is 1. The Kier molecular flexibility index (Phi) is 5.12. The minimum Gasteiger partial charge on any atom is -0.494 e. The first kappa shape index (κ1) is 14.5. The molecule has 0 aliphatic rings. The third-order valence-corrected chi connectivity index (χ3v) is 3.11. The summed E-state index contributed by atoms with van der Waals surface area (Å²) in [6, 6.07) is 8.00. The number of hydrogen-bond donors (Lipinski definition) is 1. The first-order chi connectivity index (χ1) is 9.78. The van der Waals surface area contributed by atoms with Crippen molar-refractivity contribution in [2.24, 2.45) is 0 Å². The Balaban J connectivity index is 2.17. The molecule has 0 fully saturated rings. The van der Waals surface area contributed by atoms with Crippen LogP contribution in [0, 0.1) is 0 Å². The van der Waals surface area contributed by atoms with Crippen LogP contribution in [0.4, 0.5) is 0 Å². The summed E-state index contributed by atoms with van der Waals surface area (Å²) in [5.74, 6) is 0.874. The molecule has 0 bridgehead atoms. The maximum Gasteiger partial charge on any atom is 0.119 e. The molecule has 1 aromatic heterocycles. The van der Waals surface area contributed by atoms with Crippen LogP contribution in [0.1, 0.15) is 37.2 Å². The van der Waals surface area contributed by atoms with E-state index in [0.29, 0.717) is 12.3 Å². The molecule has 1 heterocycles. The summed E-state index contributed by atoms with van der Waals surface area (Å²) in [5, 5.41) is 17.5. The Bertz CT molecular complexity index is 535. The van der Waals surface area contributed by atoms with Gasteiger partial charge in [0, 0.05) is 13.0 Å². The molecule has 0 unspecified atom stereocenters. The number of hydrogen-bond acceptors (Lipinski definition) is 4.